The topological polar surface area (TPSA) is 64.9 Å². The molecule has 0 aliphatic rings. The van der Waals surface area contributed by atoms with Crippen LogP contribution in [0.5, 0.6) is 0 Å². The molecule has 0 radical (unpaired) electrons. The van der Waals surface area contributed by atoms with Gasteiger partial charge in [0.2, 0.25) is 5.95 Å². The molecule has 0 bridgehead atoms. The van der Waals surface area contributed by atoms with Crippen LogP contribution in [0.25, 0.3) is 11.5 Å². The first kappa shape index (κ1) is 9.21. The second-order valence-corrected chi connectivity index (χ2v) is 3.70. The third-order valence-corrected chi connectivity index (χ3v) is 2.35. The fourth-order valence-corrected chi connectivity index (χ4v) is 1.59. The Bertz CT molecular complexity index is 447. The van der Waals surface area contributed by atoms with E-state index in [1.165, 1.54) is 0 Å². The molecule has 5 heteroatoms. The minimum atomic E-state index is 0.253. The predicted octanol–water partition coefficient (Wildman–Crippen LogP) is 2.39. The molecule has 0 atom stereocenters. The number of nitrogen functional groups attached to an aromatic ring is 1. The minimum Gasteiger partial charge on any atom is -0.461 e. The molecule has 0 unspecified atom stereocenters. The predicted molar refractivity (Wildman–Crippen MR) is 56.6 cm³/mol. The summed E-state index contributed by atoms with van der Waals surface area (Å²) >= 11 is 3.36. The normalized spacial score (nSPS) is 10.4. The van der Waals surface area contributed by atoms with Gasteiger partial charge in [-0.25, -0.2) is 9.97 Å². The van der Waals surface area contributed by atoms with Crippen molar-refractivity contribution in [3.8, 4) is 11.5 Å². The van der Waals surface area contributed by atoms with Crippen molar-refractivity contribution in [1.82, 2.24) is 9.97 Å². The lowest BCUT2D eigenvalue weighted by molar-refractivity contribution is 0.578. The molecule has 4 nitrogen and oxygen atoms in total. The number of halogens is 1. The Morgan fingerprint density at radius 1 is 1.43 bits per heavy atom. The van der Waals surface area contributed by atoms with Gasteiger partial charge >= 0.3 is 0 Å². The van der Waals surface area contributed by atoms with Crippen LogP contribution in [-0.2, 0) is 0 Å². The van der Waals surface area contributed by atoms with Gasteiger partial charge in [0, 0.05) is 5.69 Å². The van der Waals surface area contributed by atoms with Crippen LogP contribution in [0.3, 0.4) is 0 Å². The van der Waals surface area contributed by atoms with Gasteiger partial charge in [-0.2, -0.15) is 0 Å². The Kier molecular flexibility index (Phi) is 2.25. The highest BCUT2D eigenvalue weighted by Crippen LogP contribution is 2.28. The zero-order valence-electron chi connectivity index (χ0n) is 7.49. The first-order valence-electron chi connectivity index (χ1n) is 4.01. The van der Waals surface area contributed by atoms with Crippen molar-refractivity contribution in [2.75, 3.05) is 5.73 Å². The highest BCUT2D eigenvalue weighted by atomic mass is 79.9. The van der Waals surface area contributed by atoms with Crippen molar-refractivity contribution in [3.63, 3.8) is 0 Å². The van der Waals surface area contributed by atoms with Gasteiger partial charge in [-0.15, -0.1) is 0 Å². The van der Waals surface area contributed by atoms with Crippen molar-refractivity contribution in [2.24, 2.45) is 0 Å². The highest BCUT2D eigenvalue weighted by molar-refractivity contribution is 9.10. The van der Waals surface area contributed by atoms with Gasteiger partial charge in [0.05, 0.1) is 10.7 Å². The van der Waals surface area contributed by atoms with Crippen LogP contribution in [0.15, 0.2) is 27.3 Å². The quantitative estimate of drug-likeness (QED) is 0.848. The highest BCUT2D eigenvalue weighted by Gasteiger charge is 2.09. The third-order valence-electron chi connectivity index (χ3n) is 1.72. The summed E-state index contributed by atoms with van der Waals surface area (Å²) in [6.07, 6.45) is 1.59. The lowest BCUT2D eigenvalue weighted by Crippen LogP contribution is -1.97. The Labute approximate surface area is 89.3 Å². The van der Waals surface area contributed by atoms with Crippen molar-refractivity contribution in [3.05, 3.63) is 28.6 Å². The minimum absolute atomic E-state index is 0.253. The largest absolute Gasteiger partial charge is 0.461 e. The van der Waals surface area contributed by atoms with Crippen LogP contribution in [0.4, 0.5) is 5.95 Å². The fourth-order valence-electron chi connectivity index (χ4n) is 1.18. The zero-order valence-corrected chi connectivity index (χ0v) is 9.08. The molecular formula is C9H8BrN3O. The summed E-state index contributed by atoms with van der Waals surface area (Å²) in [5, 5.41) is 0. The maximum atomic E-state index is 5.54. The molecule has 2 aromatic heterocycles. The summed E-state index contributed by atoms with van der Waals surface area (Å²) in [6, 6.07) is 3.63. The lowest BCUT2D eigenvalue weighted by atomic mass is 10.3. The first-order chi connectivity index (χ1) is 6.66. The van der Waals surface area contributed by atoms with Gasteiger partial charge in [-0.1, -0.05) is 0 Å². The molecule has 72 valence electrons. The maximum absolute atomic E-state index is 5.54. The third kappa shape index (κ3) is 1.63. The summed E-state index contributed by atoms with van der Waals surface area (Å²) in [5.41, 5.74) is 7.04. The van der Waals surface area contributed by atoms with Crippen molar-refractivity contribution in [1.29, 1.82) is 0 Å². The number of rotatable bonds is 1. The van der Waals surface area contributed by atoms with Crippen LogP contribution < -0.4 is 5.73 Å². The molecule has 14 heavy (non-hydrogen) atoms. The molecule has 2 N–H and O–H groups in total. The number of nitrogens with zero attached hydrogens (tertiary/aromatic N) is 2. The SMILES string of the molecule is Cc1cc(-c2occc2Br)nc(N)n1. The monoisotopic (exact) mass is 253 g/mol. The van der Waals surface area contributed by atoms with E-state index in [0.717, 1.165) is 10.2 Å². The van der Waals surface area contributed by atoms with E-state index >= 15 is 0 Å². The van der Waals surface area contributed by atoms with E-state index in [2.05, 4.69) is 25.9 Å². The van der Waals surface area contributed by atoms with E-state index in [1.54, 1.807) is 6.26 Å². The molecule has 2 aromatic rings. The van der Waals surface area contributed by atoms with E-state index in [1.807, 2.05) is 19.1 Å². The number of furan rings is 1. The van der Waals surface area contributed by atoms with Crippen LogP contribution in [-0.4, -0.2) is 9.97 Å². The Hall–Kier alpha value is -1.36. The van der Waals surface area contributed by atoms with Gasteiger partial charge in [0.15, 0.2) is 5.76 Å². The number of aryl methyl sites for hydroxylation is 1. The Morgan fingerprint density at radius 3 is 2.79 bits per heavy atom. The molecule has 0 aliphatic carbocycles. The number of hydrogen-bond donors (Lipinski definition) is 1. The van der Waals surface area contributed by atoms with Crippen LogP contribution in [0, 0.1) is 6.92 Å². The van der Waals surface area contributed by atoms with Gasteiger partial charge in [0.25, 0.3) is 0 Å². The fraction of sp³-hybridized carbons (Fsp3) is 0.111. The summed E-state index contributed by atoms with van der Waals surface area (Å²) in [7, 11) is 0. The average Bonchev–Trinajstić information content (AvgIpc) is 2.49. The number of hydrogen-bond acceptors (Lipinski definition) is 4. The molecule has 0 aromatic carbocycles. The molecule has 0 amide bonds. The molecule has 2 heterocycles. The molecule has 0 spiro atoms. The van der Waals surface area contributed by atoms with Gasteiger partial charge in [0.1, 0.15) is 5.69 Å². The molecule has 0 aliphatic heterocycles. The summed E-state index contributed by atoms with van der Waals surface area (Å²) in [4.78, 5) is 8.06. The summed E-state index contributed by atoms with van der Waals surface area (Å²) < 4.78 is 6.12. The second-order valence-electron chi connectivity index (χ2n) is 2.85. The average molecular weight is 254 g/mol. The van der Waals surface area contributed by atoms with E-state index in [-0.39, 0.29) is 5.95 Å². The molecule has 0 fully saturated rings. The van der Waals surface area contributed by atoms with Crippen LogP contribution in [0.2, 0.25) is 0 Å². The maximum Gasteiger partial charge on any atom is 0.220 e. The van der Waals surface area contributed by atoms with E-state index in [9.17, 15) is 0 Å². The number of anilines is 1. The van der Waals surface area contributed by atoms with Crippen molar-refractivity contribution in [2.45, 2.75) is 6.92 Å². The Morgan fingerprint density at radius 2 is 2.21 bits per heavy atom. The van der Waals surface area contributed by atoms with Gasteiger partial charge < -0.3 is 10.2 Å². The smallest absolute Gasteiger partial charge is 0.220 e. The van der Waals surface area contributed by atoms with Crippen molar-refractivity contribution < 1.29 is 4.42 Å². The summed E-state index contributed by atoms with van der Waals surface area (Å²) in [5.74, 6) is 0.922. The standard InChI is InChI=1S/C9H8BrN3O/c1-5-4-7(13-9(11)12-5)8-6(10)2-3-14-8/h2-4H,1H3,(H2,11,12,13). The second kappa shape index (κ2) is 3.42. The molecule has 0 saturated carbocycles. The van der Waals surface area contributed by atoms with E-state index < -0.39 is 0 Å². The Balaban J connectivity index is 2.57. The first-order valence-corrected chi connectivity index (χ1v) is 4.80. The van der Waals surface area contributed by atoms with Crippen LogP contribution >= 0.6 is 15.9 Å². The molecule has 0 saturated heterocycles. The van der Waals surface area contributed by atoms with Gasteiger partial charge in [-0.05, 0) is 35.0 Å². The molecular weight excluding hydrogens is 246 g/mol. The van der Waals surface area contributed by atoms with Crippen LogP contribution in [0.1, 0.15) is 5.69 Å². The van der Waals surface area contributed by atoms with E-state index in [4.69, 9.17) is 10.2 Å². The zero-order chi connectivity index (χ0) is 10.1. The molecule has 2 rings (SSSR count). The lowest BCUT2D eigenvalue weighted by Gasteiger charge is -2.00. The van der Waals surface area contributed by atoms with Crippen molar-refractivity contribution >= 4 is 21.9 Å². The number of nitrogens with two attached hydrogens (primary N) is 1. The van der Waals surface area contributed by atoms with Gasteiger partial charge in [-0.3, -0.25) is 0 Å². The number of aromatic nitrogens is 2. The van der Waals surface area contributed by atoms with E-state index in [0.29, 0.717) is 11.5 Å². The summed E-state index contributed by atoms with van der Waals surface area (Å²) in [6.45, 7) is 1.86.